The number of H-pyrrole nitrogens is 1. The molecule has 5 aromatic rings. The Bertz CT molecular complexity index is 1640. The predicted molar refractivity (Wildman–Crippen MR) is 134 cm³/mol. The van der Waals surface area contributed by atoms with Gasteiger partial charge in [0.2, 0.25) is 11.9 Å². The van der Waals surface area contributed by atoms with Crippen LogP contribution in [-0.4, -0.2) is 26.3 Å². The summed E-state index contributed by atoms with van der Waals surface area (Å²) in [5, 5.41) is 30.4. The summed E-state index contributed by atoms with van der Waals surface area (Å²) in [7, 11) is 0. The van der Waals surface area contributed by atoms with Crippen LogP contribution in [0.15, 0.2) is 85.1 Å². The molecule has 0 fully saturated rings. The van der Waals surface area contributed by atoms with Gasteiger partial charge in [-0.2, -0.15) is 5.26 Å². The third kappa shape index (κ3) is 4.50. The highest BCUT2D eigenvalue weighted by Gasteiger charge is 2.29. The number of nitriles is 1. The van der Waals surface area contributed by atoms with Crippen LogP contribution in [0.2, 0.25) is 5.02 Å². The lowest BCUT2D eigenvalue weighted by molar-refractivity contribution is -0.909. The number of carboxylic acids is 1. The number of carbonyl (C=O) groups is 1. The Morgan fingerprint density at radius 1 is 1.08 bits per heavy atom. The number of nitrogens with one attached hydrogen (secondary N) is 1. The molecule has 1 atom stereocenters. The van der Waals surface area contributed by atoms with Crippen molar-refractivity contribution in [1.82, 2.24) is 9.97 Å². The molecule has 0 bridgehead atoms. The number of carboxylic acid groups (broad SMARTS) is 1. The summed E-state index contributed by atoms with van der Waals surface area (Å²) in [5.41, 5.74) is 4.69. The standard InChI is InChI=1S/C28H19ClN4O3/c29-21-9-6-19(15-30)22(14-21)20-8-11-26(33(36)16-20)23(12-17-4-2-1-3-5-17)27-31-24-10-7-18(28(34)35)13-25(24)32-27/h1-11,13-14,16,23H,12H2,(H2-,31,32,34,35,36)/p+1. The number of halogens is 1. The largest absolute Gasteiger partial charge is 0.478 e. The smallest absolute Gasteiger partial charge is 0.335 e. The first-order valence-electron chi connectivity index (χ1n) is 11.1. The number of hydrogen-bond acceptors (Lipinski definition) is 4. The van der Waals surface area contributed by atoms with Gasteiger partial charge in [0.25, 0.3) is 0 Å². The molecular weight excluding hydrogens is 476 g/mol. The maximum atomic E-state index is 11.4. The number of pyridine rings is 1. The van der Waals surface area contributed by atoms with Crippen molar-refractivity contribution in [2.45, 2.75) is 12.3 Å². The molecule has 0 aliphatic heterocycles. The second-order valence-electron chi connectivity index (χ2n) is 8.39. The van der Waals surface area contributed by atoms with Crippen LogP contribution in [0.5, 0.6) is 0 Å². The molecule has 0 aliphatic carbocycles. The molecule has 0 saturated heterocycles. The van der Waals surface area contributed by atoms with Gasteiger partial charge in [0.15, 0.2) is 0 Å². The van der Waals surface area contributed by atoms with Gasteiger partial charge >= 0.3 is 5.97 Å². The number of aromatic nitrogens is 3. The molecule has 5 rings (SSSR count). The highest BCUT2D eigenvalue weighted by molar-refractivity contribution is 6.30. The van der Waals surface area contributed by atoms with Gasteiger partial charge < -0.3 is 10.1 Å². The van der Waals surface area contributed by atoms with E-state index < -0.39 is 5.97 Å². The molecule has 2 heterocycles. The van der Waals surface area contributed by atoms with Crippen LogP contribution >= 0.6 is 11.6 Å². The summed E-state index contributed by atoms with van der Waals surface area (Å²) in [5.74, 6) is -0.801. The van der Waals surface area contributed by atoms with E-state index in [0.717, 1.165) is 10.3 Å². The van der Waals surface area contributed by atoms with E-state index in [2.05, 4.69) is 11.1 Å². The van der Waals surface area contributed by atoms with Gasteiger partial charge in [0.1, 0.15) is 11.7 Å². The first-order chi connectivity index (χ1) is 17.4. The number of nitrogens with zero attached hydrogens (tertiary/aromatic N) is 3. The van der Waals surface area contributed by atoms with E-state index in [9.17, 15) is 20.4 Å². The number of aromatic carboxylic acids is 1. The first kappa shape index (κ1) is 23.1. The number of fused-ring (bicyclic) bond motifs is 1. The van der Waals surface area contributed by atoms with Crippen LogP contribution in [0.1, 0.15) is 38.9 Å². The zero-order valence-corrected chi connectivity index (χ0v) is 19.6. The van der Waals surface area contributed by atoms with Crippen molar-refractivity contribution in [3.8, 4) is 17.2 Å². The van der Waals surface area contributed by atoms with Crippen molar-refractivity contribution < 1.29 is 19.8 Å². The van der Waals surface area contributed by atoms with Crippen molar-refractivity contribution in [1.29, 1.82) is 5.26 Å². The van der Waals surface area contributed by atoms with E-state index in [-0.39, 0.29) is 11.5 Å². The molecule has 7 nitrogen and oxygen atoms in total. The molecule has 0 spiro atoms. The topological polar surface area (TPSA) is 114 Å². The van der Waals surface area contributed by atoms with Crippen LogP contribution in [0.25, 0.3) is 22.2 Å². The van der Waals surface area contributed by atoms with Crippen LogP contribution in [0, 0.1) is 11.3 Å². The molecule has 1 unspecified atom stereocenters. The lowest BCUT2D eigenvalue weighted by atomic mass is 9.93. The Kier molecular flexibility index (Phi) is 6.11. The Morgan fingerprint density at radius 2 is 1.89 bits per heavy atom. The molecule has 0 radical (unpaired) electrons. The minimum atomic E-state index is -1.02. The summed E-state index contributed by atoms with van der Waals surface area (Å²) in [6.45, 7) is 0. The van der Waals surface area contributed by atoms with Gasteiger partial charge in [-0.25, -0.2) is 9.78 Å². The van der Waals surface area contributed by atoms with Gasteiger partial charge in [-0.1, -0.05) is 41.9 Å². The second-order valence-corrected chi connectivity index (χ2v) is 8.83. The van der Waals surface area contributed by atoms with Gasteiger partial charge in [0, 0.05) is 21.4 Å². The predicted octanol–water partition coefficient (Wildman–Crippen LogP) is 5.35. The fourth-order valence-electron chi connectivity index (χ4n) is 4.31. The molecule has 0 aliphatic rings. The Hall–Kier alpha value is -4.67. The number of rotatable bonds is 6. The maximum Gasteiger partial charge on any atom is 0.335 e. The van der Waals surface area contributed by atoms with Gasteiger partial charge in [-0.3, -0.25) is 5.21 Å². The van der Waals surface area contributed by atoms with Gasteiger partial charge in [-0.05, 0) is 54.4 Å². The van der Waals surface area contributed by atoms with E-state index >= 15 is 0 Å². The zero-order chi connectivity index (χ0) is 25.2. The minimum absolute atomic E-state index is 0.161. The van der Waals surface area contributed by atoms with Crippen LogP contribution in [-0.2, 0) is 6.42 Å². The van der Waals surface area contributed by atoms with E-state index in [1.807, 2.05) is 36.4 Å². The molecule has 2 aromatic heterocycles. The summed E-state index contributed by atoms with van der Waals surface area (Å²) >= 11 is 6.16. The van der Waals surface area contributed by atoms with Crippen LogP contribution in [0.3, 0.4) is 0 Å². The second kappa shape index (κ2) is 9.53. The third-order valence-corrected chi connectivity index (χ3v) is 6.32. The first-order valence-corrected chi connectivity index (χ1v) is 11.5. The van der Waals surface area contributed by atoms with Crippen molar-refractivity contribution in [3.63, 3.8) is 0 Å². The molecule has 3 aromatic carbocycles. The molecule has 36 heavy (non-hydrogen) atoms. The van der Waals surface area contributed by atoms with E-state index in [4.69, 9.17) is 16.6 Å². The Morgan fingerprint density at radius 3 is 2.61 bits per heavy atom. The SMILES string of the molecule is N#Cc1ccc(Cl)cc1-c1ccc(C(Cc2ccccc2)c2nc3ccc(C(=O)O)cc3[nH]2)[n+](O)c1. The van der Waals surface area contributed by atoms with Gasteiger partial charge in [-0.15, -0.1) is 0 Å². The lowest BCUT2D eigenvalue weighted by Crippen LogP contribution is -2.37. The highest BCUT2D eigenvalue weighted by atomic mass is 35.5. The molecular formula is C28H20ClN4O3+. The fourth-order valence-corrected chi connectivity index (χ4v) is 4.48. The summed E-state index contributed by atoms with van der Waals surface area (Å²) < 4.78 is 1.04. The maximum absolute atomic E-state index is 11.4. The van der Waals surface area contributed by atoms with Crippen LogP contribution in [0.4, 0.5) is 0 Å². The Balaban J connectivity index is 1.61. The van der Waals surface area contributed by atoms with E-state index in [1.165, 1.54) is 6.07 Å². The zero-order valence-electron chi connectivity index (χ0n) is 18.9. The Labute approximate surface area is 211 Å². The molecule has 3 N–H and O–H groups in total. The lowest BCUT2D eigenvalue weighted by Gasteiger charge is -2.12. The molecule has 0 saturated carbocycles. The number of hydrogen-bond donors (Lipinski definition) is 3. The fraction of sp³-hybridized carbons (Fsp3) is 0.0714. The quantitative estimate of drug-likeness (QED) is 0.217. The monoisotopic (exact) mass is 495 g/mol. The molecule has 176 valence electrons. The van der Waals surface area contributed by atoms with E-state index in [0.29, 0.717) is 50.7 Å². The minimum Gasteiger partial charge on any atom is -0.478 e. The summed E-state index contributed by atoms with van der Waals surface area (Å²) in [6.07, 6.45) is 2.08. The van der Waals surface area contributed by atoms with Crippen molar-refractivity contribution in [3.05, 3.63) is 118 Å². The number of aromatic amines is 1. The summed E-state index contributed by atoms with van der Waals surface area (Å²) in [6, 6.07) is 25.3. The van der Waals surface area contributed by atoms with E-state index in [1.54, 1.807) is 42.6 Å². The molecule has 8 heteroatoms. The molecule has 0 amide bonds. The van der Waals surface area contributed by atoms with Crippen molar-refractivity contribution in [2.75, 3.05) is 0 Å². The number of benzene rings is 3. The highest BCUT2D eigenvalue weighted by Crippen LogP contribution is 2.30. The number of imidazole rings is 1. The average molecular weight is 496 g/mol. The van der Waals surface area contributed by atoms with Crippen molar-refractivity contribution >= 4 is 28.6 Å². The van der Waals surface area contributed by atoms with Crippen LogP contribution < -0.4 is 4.73 Å². The normalized spacial score (nSPS) is 11.8. The van der Waals surface area contributed by atoms with Crippen molar-refractivity contribution in [2.24, 2.45) is 0 Å². The third-order valence-electron chi connectivity index (χ3n) is 6.09. The average Bonchev–Trinajstić information content (AvgIpc) is 3.31. The van der Waals surface area contributed by atoms with Gasteiger partial charge in [0.05, 0.1) is 33.8 Å². The summed E-state index contributed by atoms with van der Waals surface area (Å²) in [4.78, 5) is 19.4.